The van der Waals surface area contributed by atoms with Crippen molar-refractivity contribution < 1.29 is 8.42 Å². The van der Waals surface area contributed by atoms with E-state index in [1.165, 1.54) is 29.7 Å². The molecule has 0 radical (unpaired) electrons. The number of aromatic amines is 1. The van der Waals surface area contributed by atoms with E-state index in [0.29, 0.717) is 6.54 Å². The zero-order valence-electron chi connectivity index (χ0n) is 9.13. The fraction of sp³-hybridized carbons (Fsp3) is 0.444. The molecule has 0 bridgehead atoms. The van der Waals surface area contributed by atoms with Gasteiger partial charge < -0.3 is 4.98 Å². The predicted molar refractivity (Wildman–Crippen MR) is 65.3 cm³/mol. The molecular weight excluding hydrogens is 248 g/mol. The van der Waals surface area contributed by atoms with Crippen LogP contribution in [0.2, 0.25) is 0 Å². The lowest BCUT2D eigenvalue weighted by Gasteiger charge is -2.16. The molecule has 0 aliphatic rings. The molecule has 0 saturated heterocycles. The van der Waals surface area contributed by atoms with E-state index in [9.17, 15) is 13.2 Å². The van der Waals surface area contributed by atoms with Crippen LogP contribution in [-0.4, -0.2) is 43.3 Å². The van der Waals surface area contributed by atoms with Gasteiger partial charge in [0.05, 0.1) is 4.90 Å². The van der Waals surface area contributed by atoms with Crippen molar-refractivity contribution in [2.45, 2.75) is 4.90 Å². The number of sulfonamides is 1. The second kappa shape index (κ2) is 5.51. The summed E-state index contributed by atoms with van der Waals surface area (Å²) in [6, 6.07) is 2.51. The molecule has 1 aromatic rings. The highest BCUT2D eigenvalue weighted by atomic mass is 32.2. The number of aromatic nitrogens is 1. The smallest absolute Gasteiger partial charge is 0.247 e. The standard InChI is InChI=1S/C9H14N2O3S2/c1-11(5-6-15-2)16(13,14)8-3-4-9(12)10-7-8/h3-4,7H,5-6H2,1-2H3,(H,10,12). The van der Waals surface area contributed by atoms with Crippen molar-refractivity contribution >= 4 is 21.8 Å². The van der Waals surface area contributed by atoms with Gasteiger partial charge >= 0.3 is 0 Å². The summed E-state index contributed by atoms with van der Waals surface area (Å²) in [6.07, 6.45) is 3.13. The van der Waals surface area contributed by atoms with E-state index in [1.54, 1.807) is 11.8 Å². The van der Waals surface area contributed by atoms with E-state index in [4.69, 9.17) is 0 Å². The Balaban J connectivity index is 2.93. The van der Waals surface area contributed by atoms with E-state index in [0.717, 1.165) is 5.75 Å². The van der Waals surface area contributed by atoms with Crippen LogP contribution >= 0.6 is 11.8 Å². The van der Waals surface area contributed by atoms with Gasteiger partial charge in [0.1, 0.15) is 0 Å². The monoisotopic (exact) mass is 262 g/mol. The van der Waals surface area contributed by atoms with E-state index in [1.807, 2.05) is 6.26 Å². The summed E-state index contributed by atoms with van der Waals surface area (Å²) >= 11 is 1.58. The molecule has 7 heteroatoms. The lowest BCUT2D eigenvalue weighted by Crippen LogP contribution is -2.29. The number of rotatable bonds is 5. The molecule has 16 heavy (non-hydrogen) atoms. The molecule has 0 fully saturated rings. The first-order valence-electron chi connectivity index (χ1n) is 4.62. The lowest BCUT2D eigenvalue weighted by molar-refractivity contribution is 0.488. The SMILES string of the molecule is CSCCN(C)S(=O)(=O)c1ccc(=O)[nH]c1. The Bertz CT molecular complexity index is 475. The molecule has 0 aliphatic carbocycles. The predicted octanol–water partition coefficient (Wildman–Crippen LogP) is 0.358. The van der Waals surface area contributed by atoms with Crippen molar-refractivity contribution in [1.82, 2.24) is 9.29 Å². The molecule has 0 atom stereocenters. The lowest BCUT2D eigenvalue weighted by atomic mass is 10.5. The van der Waals surface area contributed by atoms with Crippen molar-refractivity contribution in [2.24, 2.45) is 0 Å². The Morgan fingerprint density at radius 3 is 2.62 bits per heavy atom. The summed E-state index contributed by atoms with van der Waals surface area (Å²) in [5.74, 6) is 0.735. The van der Waals surface area contributed by atoms with Gasteiger partial charge in [-0.15, -0.1) is 0 Å². The normalized spacial score (nSPS) is 11.9. The summed E-state index contributed by atoms with van der Waals surface area (Å²) in [6.45, 7) is 0.447. The molecule has 0 saturated carbocycles. The minimum atomic E-state index is -3.48. The fourth-order valence-corrected chi connectivity index (χ4v) is 2.79. The first-order valence-corrected chi connectivity index (χ1v) is 7.46. The summed E-state index contributed by atoms with van der Waals surface area (Å²) in [7, 11) is -1.95. The van der Waals surface area contributed by atoms with Crippen LogP contribution in [0, 0.1) is 0 Å². The number of H-pyrrole nitrogens is 1. The van der Waals surface area contributed by atoms with Gasteiger partial charge in [-0.3, -0.25) is 4.79 Å². The van der Waals surface area contributed by atoms with Crippen LogP contribution in [-0.2, 0) is 10.0 Å². The second-order valence-corrected chi connectivity index (χ2v) is 6.24. The summed E-state index contributed by atoms with van der Waals surface area (Å²) < 4.78 is 25.2. The maximum Gasteiger partial charge on any atom is 0.247 e. The van der Waals surface area contributed by atoms with Crippen molar-refractivity contribution in [3.05, 3.63) is 28.7 Å². The highest BCUT2D eigenvalue weighted by Gasteiger charge is 2.19. The third-order valence-corrected chi connectivity index (χ3v) is 4.52. The number of nitrogens with one attached hydrogen (secondary N) is 1. The Hall–Kier alpha value is -0.790. The highest BCUT2D eigenvalue weighted by molar-refractivity contribution is 7.98. The van der Waals surface area contributed by atoms with Crippen molar-refractivity contribution in [3.63, 3.8) is 0 Å². The summed E-state index contributed by atoms with van der Waals surface area (Å²) in [5, 5.41) is 0. The fourth-order valence-electron chi connectivity index (χ4n) is 1.08. The van der Waals surface area contributed by atoms with Gasteiger partial charge in [-0.25, -0.2) is 12.7 Å². The minimum absolute atomic E-state index is 0.107. The van der Waals surface area contributed by atoms with Gasteiger partial charge in [0, 0.05) is 31.6 Å². The van der Waals surface area contributed by atoms with Gasteiger partial charge in [-0.2, -0.15) is 11.8 Å². The zero-order valence-corrected chi connectivity index (χ0v) is 10.8. The number of thioether (sulfide) groups is 1. The molecule has 0 spiro atoms. The molecular formula is C9H14N2O3S2. The van der Waals surface area contributed by atoms with Crippen LogP contribution in [0.4, 0.5) is 0 Å². The van der Waals surface area contributed by atoms with Gasteiger partial charge in [0.2, 0.25) is 15.6 Å². The third kappa shape index (κ3) is 3.10. The van der Waals surface area contributed by atoms with Gasteiger partial charge in [-0.1, -0.05) is 0 Å². The quantitative estimate of drug-likeness (QED) is 0.831. The van der Waals surface area contributed by atoms with Crippen LogP contribution in [0.15, 0.2) is 28.0 Å². The average molecular weight is 262 g/mol. The van der Waals surface area contributed by atoms with E-state index < -0.39 is 10.0 Å². The third-order valence-electron chi connectivity index (χ3n) is 2.07. The molecule has 1 aromatic heterocycles. The zero-order chi connectivity index (χ0) is 12.2. The van der Waals surface area contributed by atoms with Crippen LogP contribution in [0.25, 0.3) is 0 Å². The van der Waals surface area contributed by atoms with Gasteiger partial charge in [-0.05, 0) is 12.3 Å². The summed E-state index contributed by atoms with van der Waals surface area (Å²) in [4.78, 5) is 13.3. The molecule has 0 amide bonds. The molecule has 1 N–H and O–H groups in total. The second-order valence-electron chi connectivity index (χ2n) is 3.21. The van der Waals surface area contributed by atoms with Gasteiger partial charge in [0.15, 0.2) is 0 Å². The van der Waals surface area contributed by atoms with Gasteiger partial charge in [0.25, 0.3) is 0 Å². The molecule has 0 unspecified atom stereocenters. The maximum absolute atomic E-state index is 11.9. The Labute approximate surface area is 98.9 Å². The molecule has 0 aromatic carbocycles. The first-order chi connectivity index (χ1) is 7.48. The van der Waals surface area contributed by atoms with Crippen molar-refractivity contribution in [1.29, 1.82) is 0 Å². The summed E-state index contributed by atoms with van der Waals surface area (Å²) in [5.41, 5.74) is -0.314. The van der Waals surface area contributed by atoms with Crippen LogP contribution in [0.1, 0.15) is 0 Å². The Kier molecular flexibility index (Phi) is 4.57. The van der Waals surface area contributed by atoms with E-state index in [2.05, 4.69) is 4.98 Å². The minimum Gasteiger partial charge on any atom is -0.328 e. The van der Waals surface area contributed by atoms with Crippen LogP contribution in [0.5, 0.6) is 0 Å². The first kappa shape index (κ1) is 13.3. The number of hydrogen-bond acceptors (Lipinski definition) is 4. The molecule has 1 heterocycles. The maximum atomic E-state index is 11.9. The van der Waals surface area contributed by atoms with E-state index in [-0.39, 0.29) is 10.5 Å². The number of hydrogen-bond donors (Lipinski definition) is 1. The van der Waals surface area contributed by atoms with Crippen LogP contribution in [0.3, 0.4) is 0 Å². The van der Waals surface area contributed by atoms with Crippen molar-refractivity contribution in [2.75, 3.05) is 25.6 Å². The largest absolute Gasteiger partial charge is 0.328 e. The molecule has 90 valence electrons. The molecule has 0 aliphatic heterocycles. The van der Waals surface area contributed by atoms with Crippen LogP contribution < -0.4 is 5.56 Å². The highest BCUT2D eigenvalue weighted by Crippen LogP contribution is 2.11. The van der Waals surface area contributed by atoms with E-state index >= 15 is 0 Å². The molecule has 1 rings (SSSR count). The Morgan fingerprint density at radius 2 is 2.12 bits per heavy atom. The number of nitrogens with zero attached hydrogens (tertiary/aromatic N) is 1. The molecule has 5 nitrogen and oxygen atoms in total. The van der Waals surface area contributed by atoms with Crippen molar-refractivity contribution in [3.8, 4) is 0 Å². The Morgan fingerprint density at radius 1 is 1.44 bits per heavy atom. The topological polar surface area (TPSA) is 70.2 Å². The average Bonchev–Trinajstić information content (AvgIpc) is 2.26. The number of pyridine rings is 1.